The third-order valence-electron chi connectivity index (χ3n) is 6.74. The number of nitrogens with zero attached hydrogens (tertiary/aromatic N) is 6. The molecule has 1 fully saturated rings. The lowest BCUT2D eigenvalue weighted by atomic mass is 9.84. The maximum Gasteiger partial charge on any atom is 0.355 e. The van der Waals surface area contributed by atoms with E-state index in [1.165, 1.54) is 4.52 Å². The number of carbonyl (C=O) groups is 1. The minimum atomic E-state index is -0.235. The molecule has 0 atom stereocenters. The third kappa shape index (κ3) is 5.31. The molecule has 1 aromatic carbocycles. The molecule has 2 N–H and O–H groups in total. The predicted molar refractivity (Wildman–Crippen MR) is 145 cm³/mol. The zero-order chi connectivity index (χ0) is 26.9. The molecule has 0 spiro atoms. The Morgan fingerprint density at radius 1 is 1.22 bits per heavy atom. The number of ether oxygens (including phenoxy) is 2. The lowest BCUT2D eigenvalue weighted by Crippen LogP contribution is -2.41. The number of ketones is 1. The van der Waals surface area contributed by atoms with Gasteiger partial charge in [-0.2, -0.15) is 0 Å². The number of fused-ring (bicyclic) bond motifs is 1. The Bertz CT molecular complexity index is 1290. The molecule has 1 saturated heterocycles. The van der Waals surface area contributed by atoms with E-state index in [-0.39, 0.29) is 23.7 Å². The quantitative estimate of drug-likeness (QED) is 0.350. The van der Waals surface area contributed by atoms with Crippen molar-refractivity contribution in [2.24, 2.45) is 0 Å². The van der Waals surface area contributed by atoms with Gasteiger partial charge in [0.05, 0.1) is 37.8 Å². The van der Waals surface area contributed by atoms with Crippen molar-refractivity contribution >= 4 is 40.4 Å². The topological polar surface area (TPSA) is 102 Å². The molecule has 4 rings (SSSR count). The van der Waals surface area contributed by atoms with Gasteiger partial charge in [0.2, 0.25) is 5.78 Å². The second-order valence-electron chi connectivity index (χ2n) is 10.1. The molecule has 11 heteroatoms. The lowest BCUT2D eigenvalue weighted by molar-refractivity contribution is -0.714. The van der Waals surface area contributed by atoms with Crippen LogP contribution in [-0.4, -0.2) is 67.0 Å². The number of morpholine rings is 1. The van der Waals surface area contributed by atoms with Crippen LogP contribution in [0.4, 0.5) is 17.3 Å². The summed E-state index contributed by atoms with van der Waals surface area (Å²) in [6, 6.07) is 5.73. The first-order valence-electron chi connectivity index (χ1n) is 12.7. The van der Waals surface area contributed by atoms with Crippen molar-refractivity contribution in [1.82, 2.24) is 14.7 Å². The van der Waals surface area contributed by atoms with Crippen LogP contribution < -0.4 is 25.0 Å². The van der Waals surface area contributed by atoms with Gasteiger partial charge >= 0.3 is 11.6 Å². The summed E-state index contributed by atoms with van der Waals surface area (Å²) in [5, 5.41) is 9.17. The number of benzene rings is 1. The normalized spacial score (nSPS) is 14.3. The smallest absolute Gasteiger partial charge is 0.355 e. The minimum Gasteiger partial charge on any atom is -0.494 e. The van der Waals surface area contributed by atoms with E-state index in [1.807, 2.05) is 18.2 Å². The summed E-state index contributed by atoms with van der Waals surface area (Å²) in [7, 11) is 1.68. The molecule has 37 heavy (non-hydrogen) atoms. The molecule has 0 radical (unpaired) electrons. The zero-order valence-electron chi connectivity index (χ0n) is 22.5. The molecule has 10 nitrogen and oxygen atoms in total. The van der Waals surface area contributed by atoms with Crippen molar-refractivity contribution in [2.45, 2.75) is 46.6 Å². The number of hydrogen-bond donors (Lipinski definition) is 1. The van der Waals surface area contributed by atoms with Gasteiger partial charge in [-0.3, -0.25) is 4.79 Å². The summed E-state index contributed by atoms with van der Waals surface area (Å²) in [6.07, 6.45) is 0. The van der Waals surface area contributed by atoms with Gasteiger partial charge in [-0.15, -0.1) is 4.68 Å². The molecular formula is C26H37ClN7O3+. The van der Waals surface area contributed by atoms with E-state index in [4.69, 9.17) is 26.8 Å². The number of methoxy groups -OCH3 is 1. The standard InChI is InChI=1S/C26H37ClN7O3/c1-7-31(8-2)20-15-22-33(30-25(28)34(22)29-24(20)27)16-21(35)17-13-18(26(3,4)5)23(36-6)19(14-17)32-9-11-37-12-10-32/h13-15H,7-12,16H2,1-6H3,(H2,28,30)/q+1. The van der Waals surface area contributed by atoms with Crippen molar-refractivity contribution in [3.05, 3.63) is 34.5 Å². The van der Waals surface area contributed by atoms with E-state index in [2.05, 4.69) is 54.6 Å². The Morgan fingerprint density at radius 3 is 2.49 bits per heavy atom. The van der Waals surface area contributed by atoms with Crippen LogP contribution in [-0.2, 0) is 16.7 Å². The minimum absolute atomic E-state index is 0.000164. The predicted octanol–water partition coefficient (Wildman–Crippen LogP) is 3.12. The fourth-order valence-corrected chi connectivity index (χ4v) is 4.97. The van der Waals surface area contributed by atoms with Gasteiger partial charge < -0.3 is 25.0 Å². The number of halogens is 1. The van der Waals surface area contributed by atoms with Gasteiger partial charge in [0.1, 0.15) is 5.75 Å². The highest BCUT2D eigenvalue weighted by Gasteiger charge is 2.29. The summed E-state index contributed by atoms with van der Waals surface area (Å²) in [5.74, 6) is 0.861. The monoisotopic (exact) mass is 530 g/mol. The summed E-state index contributed by atoms with van der Waals surface area (Å²) in [4.78, 5) is 18.0. The Hall–Kier alpha value is -3.11. The highest BCUT2D eigenvalue weighted by Crippen LogP contribution is 2.40. The van der Waals surface area contributed by atoms with E-state index >= 15 is 0 Å². The Balaban J connectivity index is 1.78. The first kappa shape index (κ1) is 26.9. The molecule has 1 aliphatic rings. The van der Waals surface area contributed by atoms with Gasteiger partial charge in [-0.1, -0.05) is 42.0 Å². The van der Waals surface area contributed by atoms with Crippen molar-refractivity contribution in [3.8, 4) is 5.75 Å². The van der Waals surface area contributed by atoms with Crippen molar-refractivity contribution < 1.29 is 19.0 Å². The summed E-state index contributed by atoms with van der Waals surface area (Å²) >= 11 is 6.46. The second-order valence-corrected chi connectivity index (χ2v) is 10.5. The molecule has 0 bridgehead atoms. The Kier molecular flexibility index (Phi) is 7.80. The zero-order valence-corrected chi connectivity index (χ0v) is 23.3. The number of carbonyl (C=O) groups excluding carboxylic acids is 1. The largest absolute Gasteiger partial charge is 0.494 e. The molecule has 0 amide bonds. The Labute approximate surface area is 222 Å². The summed E-state index contributed by atoms with van der Waals surface area (Å²) in [5.41, 5.74) is 9.73. The van der Waals surface area contributed by atoms with Crippen LogP contribution in [0.2, 0.25) is 5.15 Å². The molecule has 0 aliphatic carbocycles. The molecule has 200 valence electrons. The Morgan fingerprint density at radius 2 is 1.89 bits per heavy atom. The number of Topliss-reactive ketones (excluding diaryl/α,β-unsaturated/α-hetero) is 1. The molecule has 3 heterocycles. The molecule has 1 aliphatic heterocycles. The lowest BCUT2D eigenvalue weighted by Gasteiger charge is -2.33. The van der Waals surface area contributed by atoms with Gasteiger partial charge in [0.25, 0.3) is 0 Å². The van der Waals surface area contributed by atoms with Crippen LogP contribution in [0.5, 0.6) is 5.75 Å². The number of rotatable bonds is 8. The van der Waals surface area contributed by atoms with Crippen LogP contribution in [0, 0.1) is 0 Å². The highest BCUT2D eigenvalue weighted by atomic mass is 35.5. The van der Waals surface area contributed by atoms with Crippen LogP contribution in [0.25, 0.3) is 5.65 Å². The fourth-order valence-electron chi connectivity index (χ4n) is 4.72. The van der Waals surface area contributed by atoms with Crippen molar-refractivity contribution in [2.75, 3.05) is 62.0 Å². The van der Waals surface area contributed by atoms with E-state index in [0.717, 1.165) is 48.9 Å². The number of hydrogen-bond acceptors (Lipinski definition) is 8. The number of nitrogens with two attached hydrogens (primary N) is 1. The summed E-state index contributed by atoms with van der Waals surface area (Å²) < 4.78 is 14.5. The maximum atomic E-state index is 13.7. The van der Waals surface area contributed by atoms with Gasteiger partial charge in [-0.25, -0.2) is 0 Å². The number of anilines is 3. The second kappa shape index (κ2) is 10.7. The molecular weight excluding hydrogens is 494 g/mol. The SMILES string of the molecule is CCN(CC)c1cc2n(nc1Cl)c(N)n[n+]2CC(=O)c1cc(N2CCOCC2)c(OC)c(C(C)(C)C)c1. The van der Waals surface area contributed by atoms with Crippen molar-refractivity contribution in [3.63, 3.8) is 0 Å². The van der Waals surface area contributed by atoms with E-state index < -0.39 is 0 Å². The average molecular weight is 531 g/mol. The number of aromatic nitrogens is 4. The molecule has 0 unspecified atom stereocenters. The molecule has 0 saturated carbocycles. The van der Waals surface area contributed by atoms with Crippen LogP contribution in [0.15, 0.2) is 18.2 Å². The summed E-state index contributed by atoms with van der Waals surface area (Å²) in [6.45, 7) is 14.7. The first-order valence-corrected chi connectivity index (χ1v) is 13.0. The van der Waals surface area contributed by atoms with Gasteiger partial charge in [-0.05, 0) is 36.5 Å². The van der Waals surface area contributed by atoms with E-state index in [9.17, 15) is 4.79 Å². The van der Waals surface area contributed by atoms with Gasteiger partial charge in [0, 0.05) is 37.3 Å². The molecule has 2 aromatic heterocycles. The fraction of sp³-hybridized carbons (Fsp3) is 0.538. The van der Waals surface area contributed by atoms with Crippen molar-refractivity contribution in [1.29, 1.82) is 0 Å². The van der Waals surface area contributed by atoms with Crippen LogP contribution in [0.1, 0.15) is 50.5 Å². The van der Waals surface area contributed by atoms with Gasteiger partial charge in [0.15, 0.2) is 11.7 Å². The number of nitrogen functional groups attached to an aromatic ring is 1. The van der Waals surface area contributed by atoms with E-state index in [1.54, 1.807) is 11.8 Å². The average Bonchev–Trinajstić information content (AvgIpc) is 3.17. The molecule has 3 aromatic rings. The van der Waals surface area contributed by atoms with Crippen LogP contribution >= 0.6 is 11.6 Å². The maximum absolute atomic E-state index is 13.7. The third-order valence-corrected chi connectivity index (χ3v) is 7.01. The first-order chi connectivity index (χ1) is 17.6. The highest BCUT2D eigenvalue weighted by molar-refractivity contribution is 6.32. The van der Waals surface area contributed by atoms with Crippen LogP contribution in [0.3, 0.4) is 0 Å². The van der Waals surface area contributed by atoms with E-state index in [0.29, 0.717) is 29.6 Å².